The van der Waals surface area contributed by atoms with Crippen molar-refractivity contribution in [3.8, 4) is 11.3 Å². The van der Waals surface area contributed by atoms with E-state index in [9.17, 15) is 8.42 Å². The Morgan fingerprint density at radius 3 is 2.41 bits per heavy atom. The van der Waals surface area contributed by atoms with Crippen molar-refractivity contribution in [2.45, 2.75) is 9.79 Å². The second kappa shape index (κ2) is 6.69. The monoisotopic (exact) mass is 397 g/mol. The fourth-order valence-electron chi connectivity index (χ4n) is 2.67. The maximum atomic E-state index is 11.4. The van der Waals surface area contributed by atoms with E-state index in [-0.39, 0.29) is 4.90 Å². The molecule has 9 heteroatoms. The van der Waals surface area contributed by atoms with Crippen molar-refractivity contribution in [3.63, 3.8) is 0 Å². The molecule has 0 bridgehead atoms. The van der Waals surface area contributed by atoms with Crippen LogP contribution in [-0.2, 0) is 10.0 Å². The molecular weight excluding hydrogens is 382 g/mol. The second-order valence-corrected chi connectivity index (χ2v) is 7.90. The Balaban J connectivity index is 1.79. The van der Waals surface area contributed by atoms with Crippen LogP contribution in [-0.4, -0.2) is 23.0 Å². The van der Waals surface area contributed by atoms with Crippen molar-refractivity contribution in [1.29, 1.82) is 0 Å². The van der Waals surface area contributed by atoms with Crippen LogP contribution >= 0.6 is 12.6 Å². The van der Waals surface area contributed by atoms with E-state index in [4.69, 9.17) is 5.14 Å². The van der Waals surface area contributed by atoms with Crippen molar-refractivity contribution < 1.29 is 8.42 Å². The topological polar surface area (TPSA) is 102 Å². The first-order valence-electron chi connectivity index (χ1n) is 7.95. The van der Waals surface area contributed by atoms with Crippen LogP contribution in [0.2, 0.25) is 0 Å². The van der Waals surface area contributed by atoms with Gasteiger partial charge in [0.15, 0.2) is 5.65 Å². The van der Waals surface area contributed by atoms with Crippen molar-refractivity contribution in [1.82, 2.24) is 14.6 Å². The maximum Gasteiger partial charge on any atom is 0.238 e. The summed E-state index contributed by atoms with van der Waals surface area (Å²) in [5.74, 6) is 0.669. The van der Waals surface area contributed by atoms with Gasteiger partial charge in [-0.25, -0.2) is 18.5 Å². The molecule has 4 rings (SSSR count). The number of rotatable bonds is 4. The van der Waals surface area contributed by atoms with Gasteiger partial charge in [-0.2, -0.15) is 9.61 Å². The Morgan fingerprint density at radius 2 is 1.74 bits per heavy atom. The molecule has 0 atom stereocenters. The van der Waals surface area contributed by atoms with Gasteiger partial charge in [0.25, 0.3) is 0 Å². The Bertz CT molecular complexity index is 1220. The lowest BCUT2D eigenvalue weighted by molar-refractivity contribution is 0.598. The minimum absolute atomic E-state index is 0.0506. The molecule has 2 aromatic heterocycles. The first-order valence-corrected chi connectivity index (χ1v) is 9.94. The summed E-state index contributed by atoms with van der Waals surface area (Å²) in [6, 6.07) is 17.8. The summed E-state index contributed by atoms with van der Waals surface area (Å²) >= 11 is 4.43. The minimum atomic E-state index is -3.73. The van der Waals surface area contributed by atoms with E-state index in [0.29, 0.717) is 22.0 Å². The number of fused-ring (bicyclic) bond motifs is 1. The van der Waals surface area contributed by atoms with E-state index in [1.54, 1.807) is 22.8 Å². The molecule has 2 heterocycles. The Hall–Kier alpha value is -2.88. The first kappa shape index (κ1) is 17.5. The van der Waals surface area contributed by atoms with Gasteiger partial charge in [0, 0.05) is 17.3 Å². The van der Waals surface area contributed by atoms with E-state index in [1.807, 2.05) is 36.4 Å². The predicted molar refractivity (Wildman–Crippen MR) is 107 cm³/mol. The van der Waals surface area contributed by atoms with Crippen LogP contribution in [0.4, 0.5) is 11.5 Å². The molecule has 0 aliphatic rings. The van der Waals surface area contributed by atoms with Gasteiger partial charge in [-0.15, -0.1) is 12.6 Å². The SMILES string of the molecule is NS(=O)(=O)c1ccc(Nc2cc(-c3ccccc3)nc3c(S)cnn23)cc1. The largest absolute Gasteiger partial charge is 0.340 e. The number of primary sulfonamides is 1. The number of nitrogens with one attached hydrogen (secondary N) is 1. The molecule has 0 aliphatic heterocycles. The third kappa shape index (κ3) is 3.52. The molecule has 27 heavy (non-hydrogen) atoms. The van der Waals surface area contributed by atoms with Gasteiger partial charge in [-0.3, -0.25) is 0 Å². The highest BCUT2D eigenvalue weighted by Crippen LogP contribution is 2.27. The minimum Gasteiger partial charge on any atom is -0.340 e. The van der Waals surface area contributed by atoms with E-state index < -0.39 is 10.0 Å². The highest BCUT2D eigenvalue weighted by Gasteiger charge is 2.12. The van der Waals surface area contributed by atoms with Crippen LogP contribution in [0.1, 0.15) is 0 Å². The highest BCUT2D eigenvalue weighted by molar-refractivity contribution is 7.89. The van der Waals surface area contributed by atoms with Gasteiger partial charge in [0.1, 0.15) is 5.82 Å². The molecule has 0 amide bonds. The average molecular weight is 397 g/mol. The third-order valence-corrected chi connectivity index (χ3v) is 5.22. The molecule has 0 saturated carbocycles. The fraction of sp³-hybridized carbons (Fsp3) is 0. The van der Waals surface area contributed by atoms with E-state index in [2.05, 4.69) is 28.0 Å². The summed E-state index contributed by atoms with van der Waals surface area (Å²) in [7, 11) is -3.73. The fourth-order valence-corrected chi connectivity index (χ4v) is 3.38. The number of hydrogen-bond donors (Lipinski definition) is 3. The van der Waals surface area contributed by atoms with Crippen molar-refractivity contribution in [2.24, 2.45) is 5.14 Å². The van der Waals surface area contributed by atoms with Gasteiger partial charge in [-0.05, 0) is 24.3 Å². The molecule has 0 radical (unpaired) electrons. The van der Waals surface area contributed by atoms with Gasteiger partial charge < -0.3 is 5.32 Å². The lowest BCUT2D eigenvalue weighted by atomic mass is 10.1. The molecular formula is C18H15N5O2S2. The second-order valence-electron chi connectivity index (χ2n) is 5.85. The average Bonchev–Trinajstić information content (AvgIpc) is 3.03. The van der Waals surface area contributed by atoms with Crippen LogP contribution < -0.4 is 10.5 Å². The van der Waals surface area contributed by atoms with Gasteiger partial charge in [0.05, 0.1) is 21.7 Å². The molecule has 0 unspecified atom stereocenters. The Kier molecular flexibility index (Phi) is 4.34. The standard InChI is InChI=1S/C18H15N5O2S2/c19-27(24,25)14-8-6-13(7-9-14)21-17-10-15(12-4-2-1-3-5-12)22-18-16(26)11-20-23(17)18/h1-11,21,26H,(H2,19,24,25). The van der Waals surface area contributed by atoms with Crippen LogP contribution in [0, 0.1) is 0 Å². The summed E-state index contributed by atoms with van der Waals surface area (Å²) in [6.07, 6.45) is 1.62. The molecule has 136 valence electrons. The number of thiol groups is 1. The number of anilines is 2. The molecule has 0 saturated heterocycles. The van der Waals surface area contributed by atoms with E-state index >= 15 is 0 Å². The molecule has 0 spiro atoms. The summed E-state index contributed by atoms with van der Waals surface area (Å²) in [5, 5.41) is 12.7. The van der Waals surface area contributed by atoms with Gasteiger partial charge in [0.2, 0.25) is 10.0 Å². The summed E-state index contributed by atoms with van der Waals surface area (Å²) < 4.78 is 24.5. The number of sulfonamides is 1. The molecule has 2 aromatic carbocycles. The van der Waals surface area contributed by atoms with Crippen LogP contribution in [0.5, 0.6) is 0 Å². The molecule has 0 fully saturated rings. The number of hydrogen-bond acceptors (Lipinski definition) is 6. The van der Waals surface area contributed by atoms with Crippen molar-refractivity contribution >= 4 is 39.8 Å². The Labute approximate surface area is 161 Å². The molecule has 3 N–H and O–H groups in total. The van der Waals surface area contributed by atoms with Crippen LogP contribution in [0.25, 0.3) is 16.9 Å². The highest BCUT2D eigenvalue weighted by atomic mass is 32.2. The maximum absolute atomic E-state index is 11.4. The number of aromatic nitrogens is 3. The number of benzene rings is 2. The van der Waals surface area contributed by atoms with Crippen LogP contribution in [0.15, 0.2) is 76.7 Å². The Morgan fingerprint density at radius 1 is 1.04 bits per heavy atom. The first-order chi connectivity index (χ1) is 12.9. The molecule has 7 nitrogen and oxygen atoms in total. The quantitative estimate of drug-likeness (QED) is 0.459. The molecule has 4 aromatic rings. The summed E-state index contributed by atoms with van der Waals surface area (Å²) in [6.45, 7) is 0. The smallest absolute Gasteiger partial charge is 0.238 e. The molecule has 0 aliphatic carbocycles. The summed E-state index contributed by atoms with van der Waals surface area (Å²) in [4.78, 5) is 5.35. The summed E-state index contributed by atoms with van der Waals surface area (Å²) in [5.41, 5.74) is 3.03. The lowest BCUT2D eigenvalue weighted by Gasteiger charge is -2.11. The third-order valence-electron chi connectivity index (χ3n) is 3.98. The lowest BCUT2D eigenvalue weighted by Crippen LogP contribution is -2.11. The number of nitrogens with zero attached hydrogens (tertiary/aromatic N) is 3. The number of nitrogens with two attached hydrogens (primary N) is 1. The van der Waals surface area contributed by atoms with E-state index in [0.717, 1.165) is 11.3 Å². The zero-order valence-electron chi connectivity index (χ0n) is 13.9. The zero-order chi connectivity index (χ0) is 19.0. The predicted octanol–water partition coefficient (Wildman–Crippen LogP) is 3.08. The van der Waals surface area contributed by atoms with Gasteiger partial charge >= 0.3 is 0 Å². The normalized spacial score (nSPS) is 11.6. The van der Waals surface area contributed by atoms with Crippen LogP contribution in [0.3, 0.4) is 0 Å². The zero-order valence-corrected chi connectivity index (χ0v) is 15.7. The van der Waals surface area contributed by atoms with E-state index in [1.165, 1.54) is 12.1 Å². The van der Waals surface area contributed by atoms with Crippen molar-refractivity contribution in [2.75, 3.05) is 5.32 Å². The van der Waals surface area contributed by atoms with Crippen molar-refractivity contribution in [3.05, 3.63) is 66.9 Å². The van der Waals surface area contributed by atoms with Gasteiger partial charge in [-0.1, -0.05) is 30.3 Å².